The van der Waals surface area contributed by atoms with Crippen molar-refractivity contribution in [3.8, 4) is 0 Å². The van der Waals surface area contributed by atoms with Crippen LogP contribution in [0.5, 0.6) is 0 Å². The minimum absolute atomic E-state index is 0.122. The molecule has 0 amide bonds. The summed E-state index contributed by atoms with van der Waals surface area (Å²) < 4.78 is 0. The van der Waals surface area contributed by atoms with Crippen LogP contribution in [0.3, 0.4) is 0 Å². The monoisotopic (exact) mass is 172 g/mol. The first-order valence-electron chi connectivity index (χ1n) is 4.23. The lowest BCUT2D eigenvalue weighted by Crippen LogP contribution is -2.24. The van der Waals surface area contributed by atoms with Crippen molar-refractivity contribution in [1.82, 2.24) is 5.32 Å². The van der Waals surface area contributed by atoms with E-state index >= 15 is 0 Å². The Hall–Kier alpha value is -0.610. The van der Waals surface area contributed by atoms with E-state index < -0.39 is 0 Å². The highest BCUT2D eigenvalue weighted by Crippen LogP contribution is 2.09. The van der Waals surface area contributed by atoms with Crippen LogP contribution in [-0.4, -0.2) is 36.1 Å². The molecular formula is C8H16N2O2. The van der Waals surface area contributed by atoms with Gasteiger partial charge in [-0.1, -0.05) is 5.16 Å². The number of rotatable bonds is 3. The summed E-state index contributed by atoms with van der Waals surface area (Å²) in [5.74, 6) is 0. The van der Waals surface area contributed by atoms with E-state index in [2.05, 4.69) is 10.5 Å². The maximum atomic E-state index is 8.81. The number of nitrogens with zero attached hydrogens (tertiary/aromatic N) is 1. The molecule has 0 bridgehead atoms. The minimum atomic E-state index is 0.122. The number of oxime groups is 1. The Bertz CT molecular complexity index is 166. The van der Waals surface area contributed by atoms with Crippen molar-refractivity contribution < 1.29 is 9.94 Å². The number of nitrogens with one attached hydrogen (secondary N) is 1. The van der Waals surface area contributed by atoms with Crippen LogP contribution in [0.2, 0.25) is 0 Å². The maximum absolute atomic E-state index is 8.81. The van der Waals surface area contributed by atoms with Gasteiger partial charge in [0, 0.05) is 19.0 Å². The summed E-state index contributed by atoms with van der Waals surface area (Å²) in [7, 11) is 0. The average molecular weight is 172 g/mol. The highest BCUT2D eigenvalue weighted by Gasteiger charge is 2.24. The molecule has 4 heteroatoms. The largest absolute Gasteiger partial charge is 0.395 e. The maximum Gasteiger partial charge on any atom is 0.141 e. The van der Waals surface area contributed by atoms with E-state index in [9.17, 15) is 0 Å². The fourth-order valence-corrected chi connectivity index (χ4v) is 1.18. The van der Waals surface area contributed by atoms with Crippen LogP contribution in [0, 0.1) is 0 Å². The van der Waals surface area contributed by atoms with E-state index in [-0.39, 0.29) is 18.8 Å². The second-order valence-electron chi connectivity index (χ2n) is 3.29. The zero-order valence-corrected chi connectivity index (χ0v) is 7.58. The van der Waals surface area contributed by atoms with E-state index in [1.165, 1.54) is 0 Å². The molecule has 12 heavy (non-hydrogen) atoms. The van der Waals surface area contributed by atoms with Gasteiger partial charge in [-0.15, -0.1) is 0 Å². The summed E-state index contributed by atoms with van der Waals surface area (Å²) in [5, 5.41) is 15.8. The average Bonchev–Trinajstić information content (AvgIpc) is 2.48. The van der Waals surface area contributed by atoms with Gasteiger partial charge >= 0.3 is 0 Å². The molecule has 1 aliphatic heterocycles. The molecule has 1 fully saturated rings. The molecule has 0 aromatic carbocycles. The minimum Gasteiger partial charge on any atom is -0.395 e. The van der Waals surface area contributed by atoms with E-state index in [0.29, 0.717) is 0 Å². The van der Waals surface area contributed by atoms with Crippen molar-refractivity contribution in [2.24, 2.45) is 5.16 Å². The molecule has 0 aromatic rings. The molecule has 1 rings (SSSR count). The molecule has 0 aromatic heterocycles. The molecule has 0 aliphatic carbocycles. The highest BCUT2D eigenvalue weighted by molar-refractivity contribution is 5.78. The van der Waals surface area contributed by atoms with Crippen LogP contribution in [0.4, 0.5) is 0 Å². The Balaban J connectivity index is 2.23. The van der Waals surface area contributed by atoms with Crippen molar-refractivity contribution in [2.45, 2.75) is 32.4 Å². The van der Waals surface area contributed by atoms with Crippen LogP contribution >= 0.6 is 0 Å². The first kappa shape index (κ1) is 9.48. The van der Waals surface area contributed by atoms with Crippen molar-refractivity contribution >= 4 is 5.71 Å². The number of hydrogen-bond donors (Lipinski definition) is 2. The Labute approximate surface area is 72.6 Å². The van der Waals surface area contributed by atoms with E-state index in [1.807, 2.05) is 13.8 Å². The zero-order chi connectivity index (χ0) is 8.97. The van der Waals surface area contributed by atoms with Gasteiger partial charge in [0.2, 0.25) is 0 Å². The van der Waals surface area contributed by atoms with Gasteiger partial charge in [0.05, 0.1) is 12.3 Å². The van der Waals surface area contributed by atoms with E-state index in [4.69, 9.17) is 9.94 Å². The molecule has 0 unspecified atom stereocenters. The molecular weight excluding hydrogens is 156 g/mol. The van der Waals surface area contributed by atoms with Crippen molar-refractivity contribution in [3.05, 3.63) is 0 Å². The number of hydrogen-bond acceptors (Lipinski definition) is 4. The molecule has 2 N–H and O–H groups in total. The van der Waals surface area contributed by atoms with Gasteiger partial charge in [-0.3, -0.25) is 0 Å². The first-order valence-corrected chi connectivity index (χ1v) is 4.23. The first-order chi connectivity index (χ1) is 5.72. The molecule has 1 heterocycles. The molecule has 1 aliphatic rings. The fourth-order valence-electron chi connectivity index (χ4n) is 1.18. The summed E-state index contributed by atoms with van der Waals surface area (Å²) in [4.78, 5) is 5.21. The Morgan fingerprint density at radius 3 is 2.92 bits per heavy atom. The summed E-state index contributed by atoms with van der Waals surface area (Å²) in [6.45, 7) is 4.74. The van der Waals surface area contributed by atoms with Crippen LogP contribution < -0.4 is 5.32 Å². The molecule has 0 radical (unpaired) electrons. The Kier molecular flexibility index (Phi) is 3.49. The standard InChI is InChI=1S/C8H16N2O2/c1-6(2)10-12-8-3-7(5-11)9-4-8/h7-9,11H,3-5H2,1-2H3/t7-,8-/m0/s1. The van der Waals surface area contributed by atoms with E-state index in [0.717, 1.165) is 18.7 Å². The molecule has 70 valence electrons. The van der Waals surface area contributed by atoms with Crippen LogP contribution in [-0.2, 0) is 4.84 Å². The second-order valence-corrected chi connectivity index (χ2v) is 3.29. The molecule has 0 spiro atoms. The highest BCUT2D eigenvalue weighted by atomic mass is 16.6. The van der Waals surface area contributed by atoms with Gasteiger partial charge in [-0.05, 0) is 13.8 Å². The Morgan fingerprint density at radius 2 is 2.42 bits per heavy atom. The third-order valence-electron chi connectivity index (χ3n) is 1.79. The van der Waals surface area contributed by atoms with Gasteiger partial charge in [-0.2, -0.15) is 0 Å². The van der Waals surface area contributed by atoms with Gasteiger partial charge < -0.3 is 15.3 Å². The van der Waals surface area contributed by atoms with Crippen molar-refractivity contribution in [2.75, 3.05) is 13.2 Å². The predicted molar refractivity (Wildman–Crippen MR) is 47.1 cm³/mol. The normalized spacial score (nSPS) is 28.6. The smallest absolute Gasteiger partial charge is 0.141 e. The molecule has 1 saturated heterocycles. The van der Waals surface area contributed by atoms with Gasteiger partial charge in [-0.25, -0.2) is 0 Å². The third-order valence-corrected chi connectivity index (χ3v) is 1.79. The lowest BCUT2D eigenvalue weighted by molar-refractivity contribution is 0.0698. The second kappa shape index (κ2) is 4.42. The molecule has 4 nitrogen and oxygen atoms in total. The van der Waals surface area contributed by atoms with Crippen LogP contribution in [0.15, 0.2) is 5.16 Å². The van der Waals surface area contributed by atoms with Crippen LogP contribution in [0.25, 0.3) is 0 Å². The van der Waals surface area contributed by atoms with Gasteiger partial charge in [0.15, 0.2) is 0 Å². The lowest BCUT2D eigenvalue weighted by Gasteiger charge is -2.06. The number of aliphatic hydroxyl groups excluding tert-OH is 1. The molecule has 0 saturated carbocycles. The van der Waals surface area contributed by atoms with Gasteiger partial charge in [0.1, 0.15) is 6.10 Å². The van der Waals surface area contributed by atoms with Crippen molar-refractivity contribution in [3.63, 3.8) is 0 Å². The Morgan fingerprint density at radius 1 is 1.67 bits per heavy atom. The molecule has 2 atom stereocenters. The SMILES string of the molecule is CC(C)=NO[C@@H]1CN[C@H](CO)C1. The number of aliphatic hydroxyl groups is 1. The van der Waals surface area contributed by atoms with Crippen molar-refractivity contribution in [1.29, 1.82) is 0 Å². The quantitative estimate of drug-likeness (QED) is 0.469. The zero-order valence-electron chi connectivity index (χ0n) is 7.58. The fraction of sp³-hybridized carbons (Fsp3) is 0.875. The van der Waals surface area contributed by atoms with Gasteiger partial charge in [0.25, 0.3) is 0 Å². The summed E-state index contributed by atoms with van der Waals surface area (Å²) in [6, 6.07) is 0.183. The summed E-state index contributed by atoms with van der Waals surface area (Å²) in [5.41, 5.74) is 0.919. The van der Waals surface area contributed by atoms with Crippen LogP contribution in [0.1, 0.15) is 20.3 Å². The summed E-state index contributed by atoms with van der Waals surface area (Å²) in [6.07, 6.45) is 0.963. The lowest BCUT2D eigenvalue weighted by atomic mass is 10.2. The third kappa shape index (κ3) is 2.79. The topological polar surface area (TPSA) is 53.8 Å². The summed E-state index contributed by atoms with van der Waals surface area (Å²) >= 11 is 0. The van der Waals surface area contributed by atoms with E-state index in [1.54, 1.807) is 0 Å². The predicted octanol–water partition coefficient (Wildman–Crippen LogP) is 0.122.